The smallest absolute Gasteiger partial charge is 0.319 e. The number of imide groups is 1. The molecule has 6 aromatic rings. The molecule has 1 saturated carbocycles. The molecule has 5 aliphatic rings. The summed E-state index contributed by atoms with van der Waals surface area (Å²) < 4.78 is 40.6. The van der Waals surface area contributed by atoms with E-state index >= 15 is 8.78 Å². The number of amides is 2. The summed E-state index contributed by atoms with van der Waals surface area (Å²) >= 11 is 0. The lowest BCUT2D eigenvalue weighted by atomic mass is 9.87. The Hall–Kier alpha value is -5.84. The van der Waals surface area contributed by atoms with E-state index < -0.39 is 23.2 Å². The van der Waals surface area contributed by atoms with Crippen molar-refractivity contribution in [3.05, 3.63) is 77.1 Å². The summed E-state index contributed by atoms with van der Waals surface area (Å²) in [5.41, 5.74) is 2.72. The van der Waals surface area contributed by atoms with Gasteiger partial charge in [0, 0.05) is 75.3 Å². The van der Waals surface area contributed by atoms with Crippen molar-refractivity contribution in [2.45, 2.75) is 89.1 Å². The van der Waals surface area contributed by atoms with E-state index in [1.165, 1.54) is 23.9 Å². The standard InChI is InChI=1S/C52H59F2N9O5/c1-4-35-40(53)10-7-33-20-34(64)22-38(43(33)35)46-44(54)47-39(23-55-46)48(63-17-5-14-51(2,67)27-63)58-50(57-47)68-29-52(15-16-52)28-62-25-30(26-62)24-61-18-12-31(13-19-61)32-6-8-36-41(21-32)60(3)59-45(36)37-9-11-42(65)56-49(37)66/h6-8,10,20-23,30-31,37,64,67H,4-5,9,11-19,24-29H2,1-3H3,(H,56,65,66)/t37?,51-/m1/s1. The Bertz CT molecular complexity index is 2980. The van der Waals surface area contributed by atoms with Gasteiger partial charge in [-0.2, -0.15) is 15.1 Å². The molecule has 2 amide bonds. The van der Waals surface area contributed by atoms with Gasteiger partial charge in [0.25, 0.3) is 0 Å². The number of benzene rings is 3. The summed E-state index contributed by atoms with van der Waals surface area (Å²) in [5.74, 6) is -0.601. The first-order valence-corrected chi connectivity index (χ1v) is 24.4. The van der Waals surface area contributed by atoms with Crippen molar-refractivity contribution < 1.29 is 33.3 Å². The van der Waals surface area contributed by atoms with Crippen molar-refractivity contribution in [1.82, 2.24) is 39.8 Å². The number of aryl methyl sites for hydroxylation is 2. The summed E-state index contributed by atoms with van der Waals surface area (Å²) in [5, 5.41) is 31.4. The van der Waals surface area contributed by atoms with Crippen LogP contribution in [-0.2, 0) is 23.1 Å². The van der Waals surface area contributed by atoms with E-state index in [1.54, 1.807) is 19.1 Å². The number of carbonyl (C=O) groups excluding carboxylic acids is 2. The predicted molar refractivity (Wildman–Crippen MR) is 255 cm³/mol. The van der Waals surface area contributed by atoms with Gasteiger partial charge in [-0.25, -0.2) is 8.78 Å². The van der Waals surface area contributed by atoms with Crippen molar-refractivity contribution in [3.8, 4) is 23.0 Å². The Balaban J connectivity index is 0.742. The Morgan fingerprint density at radius 1 is 0.956 bits per heavy atom. The first kappa shape index (κ1) is 44.7. The molecule has 68 heavy (non-hydrogen) atoms. The number of fused-ring (bicyclic) bond motifs is 3. The van der Waals surface area contributed by atoms with Crippen LogP contribution in [0.4, 0.5) is 14.6 Å². The monoisotopic (exact) mass is 927 g/mol. The Morgan fingerprint density at radius 3 is 2.51 bits per heavy atom. The molecule has 4 aliphatic heterocycles. The van der Waals surface area contributed by atoms with Crippen LogP contribution in [0.5, 0.6) is 11.8 Å². The maximum absolute atomic E-state index is 17.1. The van der Waals surface area contributed by atoms with Crippen LogP contribution in [0.3, 0.4) is 0 Å². The first-order chi connectivity index (χ1) is 32.7. The van der Waals surface area contributed by atoms with E-state index in [0.717, 1.165) is 88.0 Å². The second-order valence-electron chi connectivity index (χ2n) is 20.7. The van der Waals surface area contributed by atoms with Gasteiger partial charge in [-0.15, -0.1) is 0 Å². The molecule has 16 heteroatoms. The quantitative estimate of drug-likeness (QED) is 0.107. The van der Waals surface area contributed by atoms with Crippen molar-refractivity contribution in [2.75, 3.05) is 63.9 Å². The number of anilines is 1. The Kier molecular flexibility index (Phi) is 11.4. The number of ether oxygens (including phenoxy) is 1. The first-order valence-electron chi connectivity index (χ1n) is 24.4. The predicted octanol–water partition coefficient (Wildman–Crippen LogP) is 7.12. The molecule has 0 radical (unpaired) electrons. The molecule has 356 valence electrons. The van der Waals surface area contributed by atoms with E-state index in [9.17, 15) is 19.8 Å². The average Bonchev–Trinajstić information content (AvgIpc) is 4.00. The lowest BCUT2D eigenvalue weighted by Gasteiger charge is -2.44. The summed E-state index contributed by atoms with van der Waals surface area (Å²) in [6.45, 7) is 11.1. The average molecular weight is 928 g/mol. The zero-order valence-corrected chi connectivity index (χ0v) is 39.0. The molecule has 7 heterocycles. The number of pyridine rings is 1. The lowest BCUT2D eigenvalue weighted by molar-refractivity contribution is -0.134. The number of carbonyl (C=O) groups is 2. The van der Waals surface area contributed by atoms with Gasteiger partial charge in [0.15, 0.2) is 5.82 Å². The van der Waals surface area contributed by atoms with Crippen LogP contribution in [0, 0.1) is 23.0 Å². The topological polar surface area (TPSA) is 162 Å². The molecule has 1 unspecified atom stereocenters. The number of phenols is 1. The minimum atomic E-state index is -0.961. The molecule has 4 saturated heterocycles. The largest absolute Gasteiger partial charge is 0.508 e. The van der Waals surface area contributed by atoms with Crippen LogP contribution < -0.4 is 15.0 Å². The van der Waals surface area contributed by atoms with Gasteiger partial charge in [-0.05, 0) is 129 Å². The molecule has 11 rings (SSSR count). The van der Waals surface area contributed by atoms with E-state index in [2.05, 4.69) is 43.3 Å². The zero-order valence-electron chi connectivity index (χ0n) is 39.0. The van der Waals surface area contributed by atoms with Crippen LogP contribution >= 0.6 is 0 Å². The van der Waals surface area contributed by atoms with Crippen LogP contribution in [0.25, 0.3) is 43.8 Å². The fourth-order valence-corrected chi connectivity index (χ4v) is 11.7. The van der Waals surface area contributed by atoms with Gasteiger partial charge < -0.3 is 29.6 Å². The van der Waals surface area contributed by atoms with Crippen molar-refractivity contribution >= 4 is 50.2 Å². The van der Waals surface area contributed by atoms with Gasteiger partial charge in [0.2, 0.25) is 11.8 Å². The maximum Gasteiger partial charge on any atom is 0.319 e. The molecule has 3 N–H and O–H groups in total. The number of piperidine rings is 3. The molecule has 3 aromatic carbocycles. The fraction of sp³-hybridized carbons (Fsp3) is 0.500. The normalized spacial score (nSPS) is 22.9. The van der Waals surface area contributed by atoms with E-state index in [1.807, 2.05) is 23.6 Å². The number of halogens is 2. The lowest BCUT2D eigenvalue weighted by Crippen LogP contribution is -2.54. The molecule has 3 aromatic heterocycles. The van der Waals surface area contributed by atoms with Crippen LogP contribution in [0.15, 0.2) is 48.7 Å². The summed E-state index contributed by atoms with van der Waals surface area (Å²) in [6.07, 6.45) is 8.28. The molecular formula is C52H59F2N9O5. The highest BCUT2D eigenvalue weighted by Crippen LogP contribution is 2.48. The third kappa shape index (κ3) is 8.42. The third-order valence-corrected chi connectivity index (χ3v) is 15.5. The SMILES string of the molecule is CCc1c(F)ccc2cc(O)cc(-c3ncc4c(N5CCC[C@@](C)(O)C5)nc(OCC5(CN6CC(CN7CCC(c8ccc9c(C%10CCC(=O)NC%10=O)nn(C)c9c8)CC7)C6)CC5)nc4c3F)c12. The number of phenolic OH excluding ortho intramolecular Hbond substituents is 1. The number of aromatic nitrogens is 5. The number of nitrogens with one attached hydrogen (secondary N) is 1. The molecule has 0 bridgehead atoms. The highest BCUT2D eigenvalue weighted by Gasteiger charge is 2.47. The van der Waals surface area contributed by atoms with Gasteiger partial charge in [-0.1, -0.05) is 25.1 Å². The third-order valence-electron chi connectivity index (χ3n) is 15.5. The highest BCUT2D eigenvalue weighted by atomic mass is 19.1. The van der Waals surface area contributed by atoms with Crippen LogP contribution in [0.2, 0.25) is 0 Å². The number of likely N-dealkylation sites (tertiary alicyclic amines) is 2. The van der Waals surface area contributed by atoms with E-state index in [4.69, 9.17) is 14.8 Å². The van der Waals surface area contributed by atoms with Crippen LogP contribution in [-0.4, -0.2) is 121 Å². The minimum absolute atomic E-state index is 0.0146. The van der Waals surface area contributed by atoms with Gasteiger partial charge in [0.1, 0.15) is 28.6 Å². The number of nitrogens with zero attached hydrogens (tertiary/aromatic N) is 8. The van der Waals surface area contributed by atoms with Crippen molar-refractivity contribution in [1.29, 1.82) is 0 Å². The maximum atomic E-state index is 17.1. The summed E-state index contributed by atoms with van der Waals surface area (Å²) in [7, 11) is 1.92. The number of hydrogen-bond donors (Lipinski definition) is 3. The van der Waals surface area contributed by atoms with Gasteiger partial charge in [-0.3, -0.25) is 24.6 Å². The van der Waals surface area contributed by atoms with Gasteiger partial charge in [0.05, 0.1) is 34.7 Å². The highest BCUT2D eigenvalue weighted by molar-refractivity contribution is 6.03. The molecule has 5 fully saturated rings. The molecule has 0 spiro atoms. The second-order valence-corrected chi connectivity index (χ2v) is 20.7. The van der Waals surface area contributed by atoms with Crippen molar-refractivity contribution in [2.24, 2.45) is 18.4 Å². The van der Waals surface area contributed by atoms with Gasteiger partial charge >= 0.3 is 6.01 Å². The number of aliphatic hydroxyl groups is 1. The summed E-state index contributed by atoms with van der Waals surface area (Å²) in [4.78, 5) is 45.6. The molecule has 2 atom stereocenters. The van der Waals surface area contributed by atoms with Crippen LogP contribution in [0.1, 0.15) is 93.9 Å². The molecule has 14 nitrogen and oxygen atoms in total. The number of rotatable bonds is 12. The second kappa shape index (κ2) is 17.3. The van der Waals surface area contributed by atoms with E-state index in [0.29, 0.717) is 84.8 Å². The summed E-state index contributed by atoms with van der Waals surface area (Å²) in [6, 6.07) is 12.5. The van der Waals surface area contributed by atoms with Crippen molar-refractivity contribution in [3.63, 3.8) is 0 Å². The fourth-order valence-electron chi connectivity index (χ4n) is 11.7. The molecular weight excluding hydrogens is 869 g/mol. The van der Waals surface area contributed by atoms with E-state index in [-0.39, 0.29) is 45.8 Å². The Labute approximate surface area is 393 Å². The minimum Gasteiger partial charge on any atom is -0.508 e. The number of hydrogen-bond acceptors (Lipinski definition) is 12. The number of aromatic hydroxyl groups is 1. The number of β-amino-alcohol motifs (C(OH)–C–C–N with tert-alkyl or cyclic N) is 1. The zero-order chi connectivity index (χ0) is 47.1. The Morgan fingerprint density at radius 2 is 1.76 bits per heavy atom. The molecule has 1 aliphatic carbocycles.